The minimum absolute atomic E-state index is 0.136. The average Bonchev–Trinajstić information content (AvgIpc) is 3.91. The molecule has 0 saturated heterocycles. The van der Waals surface area contributed by atoms with Crippen LogP contribution in [-0.4, -0.2) is 19.5 Å². The monoisotopic (exact) mass is 772 g/mol. The molecule has 0 radical (unpaired) electrons. The number of rotatable bonds is 5. The Bertz CT molecular complexity index is 3470. The van der Waals surface area contributed by atoms with Gasteiger partial charge in [0.2, 0.25) is 0 Å². The van der Waals surface area contributed by atoms with E-state index in [9.17, 15) is 0 Å². The molecule has 278 valence electrons. The molecule has 0 atom stereocenters. The maximum atomic E-state index is 5.31. The van der Waals surface area contributed by atoms with Crippen molar-refractivity contribution in [1.82, 2.24) is 19.5 Å². The van der Waals surface area contributed by atoms with E-state index in [0.29, 0.717) is 17.5 Å². The lowest BCUT2D eigenvalue weighted by molar-refractivity contribution is 0.660. The molecule has 1 aliphatic carbocycles. The smallest absolute Gasteiger partial charge is 0.164 e. The van der Waals surface area contributed by atoms with E-state index in [2.05, 4.69) is 182 Å². The highest BCUT2D eigenvalue weighted by atomic mass is 32.1. The SMILES string of the molecule is CC1(C)c2ccccc2-c2ccc(-c3nc(-c4ccccc4)nc(-c4cccc5sc6ccc(-c7ccc8c(c7)c7ccccc7n8-c7ccccc7)cc6c45)n3)cc21. The second kappa shape index (κ2) is 12.9. The molecule has 0 unspecified atom stereocenters. The van der Waals surface area contributed by atoms with Crippen molar-refractivity contribution in [3.8, 4) is 62.1 Å². The summed E-state index contributed by atoms with van der Waals surface area (Å²) in [7, 11) is 0. The van der Waals surface area contributed by atoms with Gasteiger partial charge in [0.1, 0.15) is 0 Å². The van der Waals surface area contributed by atoms with Crippen molar-refractivity contribution in [1.29, 1.82) is 0 Å². The van der Waals surface area contributed by atoms with Gasteiger partial charge in [0.25, 0.3) is 0 Å². The predicted molar refractivity (Wildman–Crippen MR) is 246 cm³/mol. The van der Waals surface area contributed by atoms with E-state index in [1.165, 1.54) is 70.0 Å². The van der Waals surface area contributed by atoms with Crippen molar-refractivity contribution in [3.05, 3.63) is 193 Å². The molecule has 3 heterocycles. The van der Waals surface area contributed by atoms with Crippen LogP contribution in [0.3, 0.4) is 0 Å². The van der Waals surface area contributed by atoms with Crippen LogP contribution in [0, 0.1) is 0 Å². The summed E-state index contributed by atoms with van der Waals surface area (Å²) in [5, 5.41) is 4.85. The van der Waals surface area contributed by atoms with Crippen LogP contribution < -0.4 is 0 Å². The molecule has 12 rings (SSSR count). The lowest BCUT2D eigenvalue weighted by atomic mass is 9.82. The maximum absolute atomic E-state index is 5.31. The number of benzene rings is 8. The second-order valence-corrected chi connectivity index (χ2v) is 17.1. The van der Waals surface area contributed by atoms with E-state index in [-0.39, 0.29) is 5.41 Å². The largest absolute Gasteiger partial charge is 0.309 e. The van der Waals surface area contributed by atoms with Crippen LogP contribution in [0.2, 0.25) is 0 Å². The van der Waals surface area contributed by atoms with Crippen molar-refractivity contribution in [3.63, 3.8) is 0 Å². The molecule has 5 heteroatoms. The molecule has 0 N–H and O–H groups in total. The van der Waals surface area contributed by atoms with Crippen LogP contribution in [0.4, 0.5) is 0 Å². The van der Waals surface area contributed by atoms with Crippen LogP contribution in [0.15, 0.2) is 182 Å². The van der Waals surface area contributed by atoms with E-state index in [1.807, 2.05) is 29.5 Å². The van der Waals surface area contributed by atoms with Gasteiger partial charge in [-0.1, -0.05) is 141 Å². The number of fused-ring (bicyclic) bond motifs is 9. The first-order valence-electron chi connectivity index (χ1n) is 20.1. The Labute approximate surface area is 345 Å². The molecule has 59 heavy (non-hydrogen) atoms. The van der Waals surface area contributed by atoms with Crippen LogP contribution in [0.5, 0.6) is 0 Å². The Kier molecular flexibility index (Phi) is 7.41. The Morgan fingerprint density at radius 2 is 1.03 bits per heavy atom. The van der Waals surface area contributed by atoms with Gasteiger partial charge in [0.15, 0.2) is 17.5 Å². The molecule has 4 nitrogen and oxygen atoms in total. The molecule has 0 bridgehead atoms. The molecule has 0 amide bonds. The molecular weight excluding hydrogens is 737 g/mol. The van der Waals surface area contributed by atoms with Gasteiger partial charge in [-0.15, -0.1) is 11.3 Å². The van der Waals surface area contributed by atoms with Crippen LogP contribution in [0.1, 0.15) is 25.0 Å². The third-order valence-corrected chi connectivity index (χ3v) is 13.4. The number of hydrogen-bond donors (Lipinski definition) is 0. The van der Waals surface area contributed by atoms with Gasteiger partial charge < -0.3 is 4.57 Å². The fraction of sp³-hybridized carbons (Fsp3) is 0.0556. The number of nitrogens with zero attached hydrogens (tertiary/aromatic N) is 4. The third kappa shape index (κ3) is 5.25. The summed E-state index contributed by atoms with van der Waals surface area (Å²) in [5.74, 6) is 2.00. The lowest BCUT2D eigenvalue weighted by Gasteiger charge is -2.21. The molecule has 11 aromatic rings. The zero-order valence-corrected chi connectivity index (χ0v) is 33.3. The van der Waals surface area contributed by atoms with Gasteiger partial charge in [0, 0.05) is 58.7 Å². The normalized spacial score (nSPS) is 13.1. The van der Waals surface area contributed by atoms with Crippen LogP contribution in [-0.2, 0) is 5.41 Å². The highest BCUT2D eigenvalue weighted by Crippen LogP contribution is 2.50. The van der Waals surface area contributed by atoms with E-state index in [1.54, 1.807) is 0 Å². The summed E-state index contributed by atoms with van der Waals surface area (Å²) < 4.78 is 4.80. The topological polar surface area (TPSA) is 43.6 Å². The molecule has 0 spiro atoms. The Morgan fingerprint density at radius 1 is 0.407 bits per heavy atom. The summed E-state index contributed by atoms with van der Waals surface area (Å²) >= 11 is 1.81. The number of para-hydroxylation sites is 2. The first-order chi connectivity index (χ1) is 29.0. The summed E-state index contributed by atoms with van der Waals surface area (Å²) in [6.07, 6.45) is 0. The number of aromatic nitrogens is 4. The average molecular weight is 773 g/mol. The highest BCUT2D eigenvalue weighted by Gasteiger charge is 2.35. The number of thiophene rings is 1. The maximum Gasteiger partial charge on any atom is 0.164 e. The zero-order chi connectivity index (χ0) is 39.2. The minimum Gasteiger partial charge on any atom is -0.309 e. The molecule has 0 saturated carbocycles. The minimum atomic E-state index is -0.136. The molecule has 0 aliphatic heterocycles. The molecule has 3 aromatic heterocycles. The van der Waals surface area contributed by atoms with Gasteiger partial charge in [-0.25, -0.2) is 15.0 Å². The molecular formula is C54H36N4S. The van der Waals surface area contributed by atoms with Crippen molar-refractivity contribution in [2.45, 2.75) is 19.3 Å². The van der Waals surface area contributed by atoms with E-state index < -0.39 is 0 Å². The van der Waals surface area contributed by atoms with E-state index >= 15 is 0 Å². The Balaban J connectivity index is 1.03. The summed E-state index contributed by atoms with van der Waals surface area (Å²) in [6.45, 7) is 4.63. The quantitative estimate of drug-likeness (QED) is 0.175. The number of hydrogen-bond acceptors (Lipinski definition) is 4. The van der Waals surface area contributed by atoms with E-state index in [0.717, 1.165) is 27.8 Å². The second-order valence-electron chi connectivity index (χ2n) is 16.0. The molecule has 1 aliphatic rings. The fourth-order valence-corrected chi connectivity index (χ4v) is 10.5. The highest BCUT2D eigenvalue weighted by molar-refractivity contribution is 7.26. The van der Waals surface area contributed by atoms with Gasteiger partial charge in [0.05, 0.1) is 11.0 Å². The summed E-state index contributed by atoms with van der Waals surface area (Å²) in [5.41, 5.74) is 13.9. The van der Waals surface area contributed by atoms with Gasteiger partial charge in [-0.2, -0.15) is 0 Å². The Morgan fingerprint density at radius 3 is 1.88 bits per heavy atom. The summed E-state index contributed by atoms with van der Waals surface area (Å²) in [4.78, 5) is 15.7. The van der Waals surface area contributed by atoms with Gasteiger partial charge in [-0.3, -0.25) is 0 Å². The lowest BCUT2D eigenvalue weighted by Crippen LogP contribution is -2.15. The summed E-state index contributed by atoms with van der Waals surface area (Å²) in [6, 6.07) is 65.4. The van der Waals surface area contributed by atoms with E-state index in [4.69, 9.17) is 15.0 Å². The van der Waals surface area contributed by atoms with Crippen molar-refractivity contribution in [2.75, 3.05) is 0 Å². The van der Waals surface area contributed by atoms with Crippen LogP contribution in [0.25, 0.3) is 104 Å². The van der Waals surface area contributed by atoms with Crippen LogP contribution >= 0.6 is 11.3 Å². The molecule has 8 aromatic carbocycles. The standard InChI is InChI=1S/C54H36N4S/c1-54(2)44-21-11-9-18-38(44)39-27-24-36(32-45(39)54)52-55-51(33-14-5-3-6-15-33)56-53(57-52)41-20-13-23-49-50(41)43-31-35(26-29-48(43)59-49)34-25-28-47-42(30-34)40-19-10-12-22-46(40)58(47)37-16-7-4-8-17-37/h3-32H,1-2H3. The predicted octanol–water partition coefficient (Wildman–Crippen LogP) is 14.3. The third-order valence-electron chi connectivity index (χ3n) is 12.3. The Hall–Kier alpha value is -7.21. The first-order valence-corrected chi connectivity index (χ1v) is 20.9. The molecule has 0 fully saturated rings. The fourth-order valence-electron chi connectivity index (χ4n) is 9.39. The van der Waals surface area contributed by atoms with Crippen molar-refractivity contribution >= 4 is 53.3 Å². The zero-order valence-electron chi connectivity index (χ0n) is 32.5. The van der Waals surface area contributed by atoms with Gasteiger partial charge in [-0.05, 0) is 88.0 Å². The first kappa shape index (κ1) is 33.9. The van der Waals surface area contributed by atoms with Gasteiger partial charge >= 0.3 is 0 Å². The van der Waals surface area contributed by atoms with Crippen molar-refractivity contribution in [2.24, 2.45) is 0 Å². The van der Waals surface area contributed by atoms with Crippen molar-refractivity contribution < 1.29 is 0 Å².